The Labute approximate surface area is 186 Å². The summed E-state index contributed by atoms with van der Waals surface area (Å²) in [4.78, 5) is 13.3. The summed E-state index contributed by atoms with van der Waals surface area (Å²) in [5.41, 5.74) is 2.08. The number of carbonyl (C=O) groups is 1. The molecule has 1 aliphatic heterocycles. The third kappa shape index (κ3) is 4.50. The van der Waals surface area contributed by atoms with Crippen molar-refractivity contribution in [3.63, 3.8) is 0 Å². The van der Waals surface area contributed by atoms with Crippen molar-refractivity contribution in [3.8, 4) is 5.75 Å². The van der Waals surface area contributed by atoms with Crippen LogP contribution in [-0.4, -0.2) is 22.4 Å². The van der Waals surface area contributed by atoms with Crippen LogP contribution in [-0.2, 0) is 11.2 Å². The summed E-state index contributed by atoms with van der Waals surface area (Å²) in [6.45, 7) is 1.60. The molecule has 30 heavy (non-hydrogen) atoms. The summed E-state index contributed by atoms with van der Waals surface area (Å²) >= 11 is 7.84. The maximum absolute atomic E-state index is 12.0. The normalized spacial score (nSPS) is 17.6. The summed E-state index contributed by atoms with van der Waals surface area (Å²) in [5.74, 6) is 1.00. The number of carboxylic acid groups (broad SMARTS) is 1. The Morgan fingerprint density at radius 2 is 1.80 bits per heavy atom. The Bertz CT molecular complexity index is 1030. The molecular formula is C25H23ClO3S. The van der Waals surface area contributed by atoms with Gasteiger partial charge in [0.05, 0.1) is 0 Å². The van der Waals surface area contributed by atoms with Gasteiger partial charge in [-0.15, -0.1) is 11.8 Å². The molecule has 1 heterocycles. The fourth-order valence-corrected chi connectivity index (χ4v) is 5.11. The number of aliphatic carboxylic acids is 1. The van der Waals surface area contributed by atoms with E-state index in [2.05, 4.69) is 36.4 Å². The van der Waals surface area contributed by atoms with Crippen LogP contribution in [0.1, 0.15) is 36.0 Å². The molecule has 5 heteroatoms. The van der Waals surface area contributed by atoms with Gasteiger partial charge in [-0.05, 0) is 66.1 Å². The molecule has 1 N–H and O–H groups in total. The maximum Gasteiger partial charge on any atom is 0.348 e. The van der Waals surface area contributed by atoms with Gasteiger partial charge in [-0.3, -0.25) is 0 Å². The zero-order valence-corrected chi connectivity index (χ0v) is 18.2. The van der Waals surface area contributed by atoms with Crippen molar-refractivity contribution in [2.24, 2.45) is 0 Å². The highest BCUT2D eigenvalue weighted by molar-refractivity contribution is 7.99. The lowest BCUT2D eigenvalue weighted by Gasteiger charge is -2.28. The fraction of sp³-hybridized carbons (Fsp3) is 0.240. The summed E-state index contributed by atoms with van der Waals surface area (Å²) in [5, 5.41) is 10.4. The molecule has 0 aliphatic carbocycles. The predicted octanol–water partition coefficient (Wildman–Crippen LogP) is 6.43. The topological polar surface area (TPSA) is 46.5 Å². The number of thioether (sulfide) groups is 1. The van der Waals surface area contributed by atoms with Gasteiger partial charge in [-0.25, -0.2) is 4.79 Å². The molecule has 0 spiro atoms. The van der Waals surface area contributed by atoms with E-state index in [0.717, 1.165) is 17.7 Å². The lowest BCUT2D eigenvalue weighted by molar-refractivity contribution is -0.153. The average molecular weight is 439 g/mol. The van der Waals surface area contributed by atoms with E-state index < -0.39 is 11.6 Å². The highest BCUT2D eigenvalue weighted by Crippen LogP contribution is 2.41. The molecule has 154 valence electrons. The lowest BCUT2D eigenvalue weighted by atomic mass is 9.88. The minimum absolute atomic E-state index is 0.245. The van der Waals surface area contributed by atoms with E-state index in [9.17, 15) is 9.90 Å². The Balaban J connectivity index is 1.53. The van der Waals surface area contributed by atoms with Crippen LogP contribution in [0, 0.1) is 0 Å². The van der Waals surface area contributed by atoms with Gasteiger partial charge in [0, 0.05) is 22.3 Å². The summed E-state index contributed by atoms with van der Waals surface area (Å²) in [6, 6.07) is 23.6. The third-order valence-electron chi connectivity index (χ3n) is 5.49. The van der Waals surface area contributed by atoms with Crippen molar-refractivity contribution in [1.29, 1.82) is 0 Å². The molecule has 0 amide bonds. The largest absolute Gasteiger partial charge is 0.478 e. The van der Waals surface area contributed by atoms with Crippen LogP contribution in [0.25, 0.3) is 0 Å². The number of rotatable bonds is 6. The number of ether oxygens (including phenoxy) is 1. The molecular weight excluding hydrogens is 416 g/mol. The van der Waals surface area contributed by atoms with E-state index in [1.807, 2.05) is 36.0 Å². The molecule has 0 radical (unpaired) electrons. The summed E-state index contributed by atoms with van der Waals surface area (Å²) in [6.07, 6.45) is 1.33. The average Bonchev–Trinajstić information content (AvgIpc) is 2.75. The van der Waals surface area contributed by atoms with Gasteiger partial charge >= 0.3 is 5.97 Å². The first-order chi connectivity index (χ1) is 14.4. The second kappa shape index (κ2) is 8.75. The Morgan fingerprint density at radius 3 is 2.50 bits per heavy atom. The van der Waals surface area contributed by atoms with Gasteiger partial charge in [0.2, 0.25) is 5.60 Å². The van der Waals surface area contributed by atoms with E-state index >= 15 is 0 Å². The first-order valence-electron chi connectivity index (χ1n) is 9.93. The van der Waals surface area contributed by atoms with Gasteiger partial charge in [0.1, 0.15) is 5.75 Å². The minimum atomic E-state index is -1.37. The number of carboxylic acids is 1. The smallest absolute Gasteiger partial charge is 0.348 e. The molecule has 4 rings (SSSR count). The SMILES string of the molecule is CC(Cc1ccc(Cl)cc1)(Oc1ccc(C2CCSc3ccccc32)cc1)C(=O)O. The maximum atomic E-state index is 12.0. The Morgan fingerprint density at radius 1 is 1.10 bits per heavy atom. The molecule has 2 unspecified atom stereocenters. The van der Waals surface area contributed by atoms with Crippen molar-refractivity contribution in [1.82, 2.24) is 0 Å². The second-order valence-electron chi connectivity index (χ2n) is 7.74. The Hall–Kier alpha value is -2.43. The van der Waals surface area contributed by atoms with Gasteiger partial charge in [0.15, 0.2) is 0 Å². The van der Waals surface area contributed by atoms with Crippen LogP contribution in [0.5, 0.6) is 5.75 Å². The molecule has 0 saturated carbocycles. The monoisotopic (exact) mass is 438 g/mol. The molecule has 3 aromatic carbocycles. The van der Waals surface area contributed by atoms with Crippen LogP contribution < -0.4 is 4.74 Å². The number of fused-ring (bicyclic) bond motifs is 1. The first-order valence-corrected chi connectivity index (χ1v) is 11.3. The first kappa shape index (κ1) is 20.8. The van der Waals surface area contributed by atoms with E-state index in [1.54, 1.807) is 19.1 Å². The number of hydrogen-bond donors (Lipinski definition) is 1. The van der Waals surface area contributed by atoms with Crippen LogP contribution in [0.15, 0.2) is 77.7 Å². The Kier molecular flexibility index (Phi) is 6.07. The highest BCUT2D eigenvalue weighted by Gasteiger charge is 2.36. The molecule has 3 nitrogen and oxygen atoms in total. The van der Waals surface area contributed by atoms with Crippen molar-refractivity contribution < 1.29 is 14.6 Å². The number of benzene rings is 3. The van der Waals surface area contributed by atoms with Gasteiger partial charge < -0.3 is 9.84 Å². The molecule has 2 atom stereocenters. The van der Waals surface area contributed by atoms with E-state index in [4.69, 9.17) is 16.3 Å². The lowest BCUT2D eigenvalue weighted by Crippen LogP contribution is -2.43. The van der Waals surface area contributed by atoms with Crippen LogP contribution >= 0.6 is 23.4 Å². The van der Waals surface area contributed by atoms with Gasteiger partial charge in [-0.1, -0.05) is 54.1 Å². The molecule has 0 aromatic heterocycles. The van der Waals surface area contributed by atoms with E-state index in [-0.39, 0.29) is 6.42 Å². The quantitative estimate of drug-likeness (QED) is 0.481. The van der Waals surface area contributed by atoms with Crippen LogP contribution in [0.3, 0.4) is 0 Å². The summed E-state index contributed by atoms with van der Waals surface area (Å²) < 4.78 is 5.97. The third-order valence-corrected chi connectivity index (χ3v) is 6.87. The second-order valence-corrected chi connectivity index (χ2v) is 9.31. The minimum Gasteiger partial charge on any atom is -0.478 e. The van der Waals surface area contributed by atoms with Gasteiger partial charge in [0.25, 0.3) is 0 Å². The zero-order chi connectivity index (χ0) is 21.1. The number of hydrogen-bond acceptors (Lipinski definition) is 3. The molecule has 1 aliphatic rings. The van der Waals surface area contributed by atoms with E-state index in [0.29, 0.717) is 16.7 Å². The van der Waals surface area contributed by atoms with E-state index in [1.165, 1.54) is 16.0 Å². The molecule has 0 bridgehead atoms. The fourth-order valence-electron chi connectivity index (χ4n) is 3.86. The zero-order valence-electron chi connectivity index (χ0n) is 16.7. The summed E-state index contributed by atoms with van der Waals surface area (Å²) in [7, 11) is 0. The van der Waals surface area contributed by atoms with Crippen molar-refractivity contribution in [2.45, 2.75) is 36.2 Å². The van der Waals surface area contributed by atoms with Gasteiger partial charge in [-0.2, -0.15) is 0 Å². The predicted molar refractivity (Wildman–Crippen MR) is 122 cm³/mol. The number of halogens is 1. The van der Waals surface area contributed by atoms with Crippen molar-refractivity contribution >= 4 is 29.3 Å². The van der Waals surface area contributed by atoms with Crippen LogP contribution in [0.2, 0.25) is 5.02 Å². The standard InChI is InChI=1S/C25H23ClO3S/c1-25(24(27)28,16-17-6-10-19(26)11-7-17)29-20-12-8-18(9-13-20)21-14-15-30-23-5-3-2-4-22(21)23/h2-13,21H,14-16H2,1H3,(H,27,28). The van der Waals surface area contributed by atoms with Crippen molar-refractivity contribution in [3.05, 3.63) is 94.5 Å². The molecule has 0 saturated heterocycles. The highest BCUT2D eigenvalue weighted by atomic mass is 35.5. The molecule has 3 aromatic rings. The molecule has 0 fully saturated rings. The van der Waals surface area contributed by atoms with Crippen molar-refractivity contribution in [2.75, 3.05) is 5.75 Å². The van der Waals surface area contributed by atoms with Crippen LogP contribution in [0.4, 0.5) is 0 Å².